The predicted octanol–water partition coefficient (Wildman–Crippen LogP) is 8.82. The average Bonchev–Trinajstić information content (AvgIpc) is 3.20. The summed E-state index contributed by atoms with van der Waals surface area (Å²) in [7, 11) is 0. The summed E-state index contributed by atoms with van der Waals surface area (Å²) in [5, 5.41) is 12.3. The fourth-order valence-corrected chi connectivity index (χ4v) is 10.8. The van der Waals surface area contributed by atoms with Gasteiger partial charge < -0.3 is 19.7 Å². The standard InChI is InChI=1S/C50H64N6O5/c1-30(2)56(38-23-41(24-38)60-39-14-12-35(13-15-39)43(57)22-36-11-10-33(5)54-46(36)59)29-34-16-18-55(19-17-34)48-52-27-37(28-53-48)44(58)25-45-49(6,7)47(50(45,8)9)61-40-20-31(3)42(26-51)32(4)21-40/h12-15,20-21,27-28,30,34,36,38,41,45,47H,5,10-11,16-19,22-25,29H2,1-4,6-9H3,(H,54,59). The van der Waals surface area contributed by atoms with E-state index in [0.29, 0.717) is 59.9 Å². The Morgan fingerprint density at radius 2 is 1.52 bits per heavy atom. The number of amides is 1. The molecule has 0 radical (unpaired) electrons. The van der Waals surface area contributed by atoms with Crippen LogP contribution in [0.1, 0.15) is 130 Å². The van der Waals surface area contributed by atoms with Gasteiger partial charge in [0.25, 0.3) is 0 Å². The third-order valence-corrected chi connectivity index (χ3v) is 14.3. The molecular weight excluding hydrogens is 765 g/mol. The van der Waals surface area contributed by atoms with Gasteiger partial charge in [0, 0.05) is 97.8 Å². The van der Waals surface area contributed by atoms with Gasteiger partial charge in [-0.2, -0.15) is 5.26 Å². The van der Waals surface area contributed by atoms with Crippen molar-refractivity contribution in [2.75, 3.05) is 24.5 Å². The Hall–Kier alpha value is -5.08. The zero-order valence-electron chi connectivity index (χ0n) is 37.4. The van der Waals surface area contributed by atoms with E-state index >= 15 is 0 Å². The molecule has 11 nitrogen and oxygen atoms in total. The number of carbonyl (C=O) groups is 3. The Balaban J connectivity index is 0.845. The van der Waals surface area contributed by atoms with Crippen molar-refractivity contribution in [2.45, 2.75) is 131 Å². The van der Waals surface area contributed by atoms with Crippen molar-refractivity contribution in [3.05, 3.63) is 88.9 Å². The average molecular weight is 829 g/mol. The van der Waals surface area contributed by atoms with Crippen LogP contribution < -0.4 is 19.7 Å². The molecule has 61 heavy (non-hydrogen) atoms. The van der Waals surface area contributed by atoms with E-state index in [-0.39, 0.29) is 58.8 Å². The molecule has 0 bridgehead atoms. The van der Waals surface area contributed by atoms with E-state index in [0.717, 1.165) is 73.6 Å². The number of ether oxygens (including phenoxy) is 2. The number of aryl methyl sites for hydroxylation is 2. The third kappa shape index (κ3) is 9.40. The molecule has 4 fully saturated rings. The van der Waals surface area contributed by atoms with Gasteiger partial charge in [0.15, 0.2) is 11.6 Å². The molecule has 2 aromatic carbocycles. The molecule has 4 aliphatic rings. The lowest BCUT2D eigenvalue weighted by Gasteiger charge is -2.63. The third-order valence-electron chi connectivity index (χ3n) is 14.3. The summed E-state index contributed by atoms with van der Waals surface area (Å²) in [6, 6.07) is 14.4. The van der Waals surface area contributed by atoms with Crippen LogP contribution in [0.25, 0.3) is 0 Å². The number of piperidine rings is 2. The maximum Gasteiger partial charge on any atom is 0.227 e. The van der Waals surface area contributed by atoms with E-state index in [1.807, 2.05) is 50.2 Å². The van der Waals surface area contributed by atoms with E-state index in [1.54, 1.807) is 12.4 Å². The number of hydrogen-bond donors (Lipinski definition) is 1. The molecule has 2 saturated carbocycles. The molecule has 1 unspecified atom stereocenters. The molecule has 2 aliphatic heterocycles. The molecule has 1 amide bonds. The Morgan fingerprint density at radius 3 is 2.10 bits per heavy atom. The summed E-state index contributed by atoms with van der Waals surface area (Å²) in [6.07, 6.45) is 9.50. The van der Waals surface area contributed by atoms with Gasteiger partial charge in [-0.1, -0.05) is 34.3 Å². The van der Waals surface area contributed by atoms with Crippen LogP contribution in [0, 0.1) is 53.8 Å². The SMILES string of the molecule is C=C1CCC(CC(=O)c2ccc(OC3CC(N(CC4CCN(c5ncc(C(=O)CC6C(C)(C)C(Oc7cc(C)c(C#N)c(C)c7)C6(C)C)cn5)CC4)C(C)C)C3)cc2)C(=O)N1. The Bertz CT molecular complexity index is 2120. The molecule has 0 spiro atoms. The number of hydrogen-bond acceptors (Lipinski definition) is 10. The smallest absolute Gasteiger partial charge is 0.227 e. The quantitative estimate of drug-likeness (QED) is 0.148. The van der Waals surface area contributed by atoms with E-state index in [4.69, 9.17) is 9.47 Å². The lowest BCUT2D eigenvalue weighted by atomic mass is 9.44. The number of anilines is 1. The van der Waals surface area contributed by atoms with Gasteiger partial charge >= 0.3 is 0 Å². The number of nitrogens with one attached hydrogen (secondary N) is 1. The first-order valence-corrected chi connectivity index (χ1v) is 22.3. The van der Waals surface area contributed by atoms with Crippen molar-refractivity contribution in [1.29, 1.82) is 5.26 Å². The number of ketones is 2. The molecule has 2 saturated heterocycles. The van der Waals surface area contributed by atoms with Crippen molar-refractivity contribution >= 4 is 23.4 Å². The Morgan fingerprint density at radius 1 is 0.918 bits per heavy atom. The number of nitriles is 1. The maximum absolute atomic E-state index is 13.6. The van der Waals surface area contributed by atoms with Gasteiger partial charge in [0.1, 0.15) is 23.7 Å². The second kappa shape index (κ2) is 17.7. The van der Waals surface area contributed by atoms with Gasteiger partial charge in [0.05, 0.1) is 17.2 Å². The van der Waals surface area contributed by atoms with Crippen LogP contribution in [0.15, 0.2) is 61.1 Å². The predicted molar refractivity (Wildman–Crippen MR) is 237 cm³/mol. The highest BCUT2D eigenvalue weighted by Gasteiger charge is 2.63. The van der Waals surface area contributed by atoms with E-state index < -0.39 is 0 Å². The number of nitrogens with zero attached hydrogens (tertiary/aromatic N) is 5. The number of aromatic nitrogens is 2. The molecule has 7 rings (SSSR count). The highest BCUT2D eigenvalue weighted by Crippen LogP contribution is 2.61. The second-order valence-electron chi connectivity index (χ2n) is 19.7. The number of carbonyl (C=O) groups excluding carboxylic acids is 3. The van der Waals surface area contributed by atoms with Crippen molar-refractivity contribution in [1.82, 2.24) is 20.2 Å². The van der Waals surface area contributed by atoms with Crippen LogP contribution in [0.4, 0.5) is 5.95 Å². The summed E-state index contributed by atoms with van der Waals surface area (Å²) in [6.45, 7) is 23.8. The van der Waals surface area contributed by atoms with Crippen LogP contribution in [0.3, 0.4) is 0 Å². The Kier molecular flexibility index (Phi) is 12.8. The fraction of sp³-hybridized carbons (Fsp3) is 0.560. The summed E-state index contributed by atoms with van der Waals surface area (Å²) < 4.78 is 12.9. The van der Waals surface area contributed by atoms with Gasteiger partial charge in [0.2, 0.25) is 11.9 Å². The van der Waals surface area contributed by atoms with E-state index in [1.165, 1.54) is 0 Å². The molecule has 3 heterocycles. The van der Waals surface area contributed by atoms with E-state index in [9.17, 15) is 19.6 Å². The van der Waals surface area contributed by atoms with Crippen molar-refractivity contribution in [3.63, 3.8) is 0 Å². The van der Waals surface area contributed by atoms with Gasteiger partial charge in [-0.3, -0.25) is 19.3 Å². The molecule has 1 N–H and O–H groups in total. The maximum atomic E-state index is 13.6. The first-order chi connectivity index (χ1) is 28.9. The minimum absolute atomic E-state index is 0.0272. The highest BCUT2D eigenvalue weighted by molar-refractivity contribution is 5.99. The molecule has 324 valence electrons. The lowest BCUT2D eigenvalue weighted by Crippen LogP contribution is -2.66. The number of allylic oxidation sites excluding steroid dienone is 1. The molecule has 11 heteroatoms. The van der Waals surface area contributed by atoms with Crippen LogP contribution >= 0.6 is 0 Å². The summed E-state index contributed by atoms with van der Waals surface area (Å²) in [5.74, 6) is 2.52. The fourth-order valence-electron chi connectivity index (χ4n) is 10.8. The minimum Gasteiger partial charge on any atom is -0.490 e. The van der Waals surface area contributed by atoms with Crippen molar-refractivity contribution in [3.8, 4) is 17.6 Å². The zero-order valence-corrected chi connectivity index (χ0v) is 37.4. The van der Waals surface area contributed by atoms with Gasteiger partial charge in [-0.25, -0.2) is 9.97 Å². The zero-order chi connectivity index (χ0) is 43.8. The number of rotatable bonds is 15. The summed E-state index contributed by atoms with van der Waals surface area (Å²) in [4.78, 5) is 53.0. The molecular formula is C50H64N6O5. The minimum atomic E-state index is -0.305. The first kappa shape index (κ1) is 44.0. The van der Waals surface area contributed by atoms with Crippen LogP contribution in [-0.4, -0.2) is 76.3 Å². The van der Waals surface area contributed by atoms with Crippen LogP contribution in [0.2, 0.25) is 0 Å². The van der Waals surface area contributed by atoms with Crippen molar-refractivity contribution in [2.24, 2.45) is 28.6 Å². The van der Waals surface area contributed by atoms with Gasteiger partial charge in [-0.15, -0.1) is 0 Å². The van der Waals surface area contributed by atoms with E-state index in [2.05, 4.69) is 79.3 Å². The highest BCUT2D eigenvalue weighted by atomic mass is 16.5. The number of Topliss-reactive ketones (excluding diaryl/α,β-unsaturated/α-hetero) is 2. The normalized spacial score (nSPS) is 24.7. The first-order valence-electron chi connectivity index (χ1n) is 22.3. The Labute approximate surface area is 362 Å². The van der Waals surface area contributed by atoms with Crippen LogP contribution in [0.5, 0.6) is 11.5 Å². The largest absolute Gasteiger partial charge is 0.490 e. The van der Waals surface area contributed by atoms with Crippen LogP contribution in [-0.2, 0) is 4.79 Å². The summed E-state index contributed by atoms with van der Waals surface area (Å²) in [5.41, 5.74) is 3.91. The summed E-state index contributed by atoms with van der Waals surface area (Å²) >= 11 is 0. The van der Waals surface area contributed by atoms with Crippen molar-refractivity contribution < 1.29 is 23.9 Å². The molecule has 1 aromatic heterocycles. The molecule has 3 aromatic rings. The van der Waals surface area contributed by atoms with Gasteiger partial charge in [-0.05, 0) is 113 Å². The molecule has 2 aliphatic carbocycles. The lowest BCUT2D eigenvalue weighted by molar-refractivity contribution is -0.196. The molecule has 1 atom stereocenters. The second-order valence-corrected chi connectivity index (χ2v) is 19.7. The monoisotopic (exact) mass is 828 g/mol. The topological polar surface area (TPSA) is 138 Å². The number of benzene rings is 2.